The Bertz CT molecular complexity index is 403. The van der Waals surface area contributed by atoms with Crippen molar-refractivity contribution in [1.82, 2.24) is 0 Å². The minimum absolute atomic E-state index is 0.255. The molecule has 1 nitrogen and oxygen atoms in total. The van der Waals surface area contributed by atoms with Crippen molar-refractivity contribution in [3.63, 3.8) is 0 Å². The van der Waals surface area contributed by atoms with E-state index in [4.69, 9.17) is 0 Å². The van der Waals surface area contributed by atoms with Crippen LogP contribution >= 0.6 is 0 Å². The molecule has 1 N–H and O–H groups in total. The van der Waals surface area contributed by atoms with Gasteiger partial charge in [-0.1, -0.05) is 61.7 Å². The van der Waals surface area contributed by atoms with Gasteiger partial charge < -0.3 is 5.11 Å². The Morgan fingerprint density at radius 2 is 1.89 bits per heavy atom. The van der Waals surface area contributed by atoms with E-state index in [9.17, 15) is 5.11 Å². The summed E-state index contributed by atoms with van der Waals surface area (Å²) in [7, 11) is 0. The average Bonchev–Trinajstić information content (AvgIpc) is 2.47. The molecular formula is C18H24O. The molecule has 0 radical (unpaired) electrons. The van der Waals surface area contributed by atoms with Crippen LogP contribution < -0.4 is 0 Å². The number of hydrogen-bond acceptors (Lipinski definition) is 1. The van der Waals surface area contributed by atoms with E-state index >= 15 is 0 Å². The molecule has 1 rings (SSSR count). The van der Waals surface area contributed by atoms with Gasteiger partial charge in [-0.2, -0.15) is 0 Å². The fraction of sp³-hybridized carbons (Fsp3) is 0.333. The average molecular weight is 256 g/mol. The summed E-state index contributed by atoms with van der Waals surface area (Å²) >= 11 is 0. The molecule has 0 spiro atoms. The monoisotopic (exact) mass is 256 g/mol. The van der Waals surface area contributed by atoms with Gasteiger partial charge in [0.2, 0.25) is 0 Å². The zero-order valence-corrected chi connectivity index (χ0v) is 11.6. The summed E-state index contributed by atoms with van der Waals surface area (Å²) in [5, 5.41) is 9.45. The SMILES string of the molecule is C=C/C=C(\C=C)CCC(CO)CCc1ccccc1. The predicted molar refractivity (Wildman–Crippen MR) is 83.0 cm³/mol. The normalized spacial score (nSPS) is 13.0. The zero-order valence-electron chi connectivity index (χ0n) is 11.6. The molecule has 19 heavy (non-hydrogen) atoms. The highest BCUT2D eigenvalue weighted by molar-refractivity contribution is 5.21. The second-order valence-corrected chi connectivity index (χ2v) is 4.79. The van der Waals surface area contributed by atoms with Gasteiger partial charge in [-0.25, -0.2) is 0 Å². The largest absolute Gasteiger partial charge is 0.396 e. The van der Waals surface area contributed by atoms with Gasteiger partial charge in [0.25, 0.3) is 0 Å². The van der Waals surface area contributed by atoms with E-state index in [-0.39, 0.29) is 6.61 Å². The Balaban J connectivity index is 2.39. The number of aliphatic hydroxyl groups is 1. The Morgan fingerprint density at radius 3 is 2.47 bits per heavy atom. The van der Waals surface area contributed by atoms with Crippen LogP contribution in [-0.2, 0) is 6.42 Å². The number of rotatable bonds is 9. The smallest absolute Gasteiger partial charge is 0.0459 e. The third-order valence-electron chi connectivity index (χ3n) is 3.38. The standard InChI is InChI=1S/C18H24O/c1-3-8-16(4-2)11-13-18(15-19)14-12-17-9-6-5-7-10-17/h3-10,18-19H,1-2,11-15H2/b16-8+. The van der Waals surface area contributed by atoms with Gasteiger partial charge in [0, 0.05) is 6.61 Å². The lowest BCUT2D eigenvalue weighted by molar-refractivity contribution is 0.211. The van der Waals surface area contributed by atoms with Gasteiger partial charge in [0.1, 0.15) is 0 Å². The Kier molecular flexibility index (Phi) is 7.60. The van der Waals surface area contributed by atoms with E-state index in [1.54, 1.807) is 6.08 Å². The highest BCUT2D eigenvalue weighted by Gasteiger charge is 2.08. The summed E-state index contributed by atoms with van der Waals surface area (Å²) in [5.74, 6) is 0.355. The van der Waals surface area contributed by atoms with Crippen LogP contribution in [0.15, 0.2) is 67.3 Å². The molecule has 0 aliphatic heterocycles. The molecule has 1 atom stereocenters. The minimum Gasteiger partial charge on any atom is -0.396 e. The van der Waals surface area contributed by atoms with Crippen molar-refractivity contribution in [3.8, 4) is 0 Å². The quantitative estimate of drug-likeness (QED) is 0.653. The van der Waals surface area contributed by atoms with E-state index in [1.165, 1.54) is 11.1 Å². The minimum atomic E-state index is 0.255. The third-order valence-corrected chi connectivity index (χ3v) is 3.38. The topological polar surface area (TPSA) is 20.2 Å². The fourth-order valence-electron chi connectivity index (χ4n) is 2.12. The summed E-state index contributed by atoms with van der Waals surface area (Å²) < 4.78 is 0. The molecule has 0 aromatic heterocycles. The number of allylic oxidation sites excluding steroid dienone is 4. The van der Waals surface area contributed by atoms with E-state index < -0.39 is 0 Å². The fourth-order valence-corrected chi connectivity index (χ4v) is 2.12. The Labute approximate surface area is 117 Å². The van der Waals surface area contributed by atoms with Crippen molar-refractivity contribution in [1.29, 1.82) is 0 Å². The van der Waals surface area contributed by atoms with Crippen molar-refractivity contribution in [3.05, 3.63) is 72.9 Å². The lowest BCUT2D eigenvalue weighted by Crippen LogP contribution is -2.08. The van der Waals surface area contributed by atoms with Crippen LogP contribution in [-0.4, -0.2) is 11.7 Å². The lowest BCUT2D eigenvalue weighted by atomic mass is 9.93. The van der Waals surface area contributed by atoms with Crippen molar-refractivity contribution in [2.24, 2.45) is 5.92 Å². The first kappa shape index (κ1) is 15.5. The zero-order chi connectivity index (χ0) is 13.9. The van der Waals surface area contributed by atoms with Crippen LogP contribution in [0.4, 0.5) is 0 Å². The van der Waals surface area contributed by atoms with Gasteiger partial charge in [-0.3, -0.25) is 0 Å². The Hall–Kier alpha value is -1.60. The number of aryl methyl sites for hydroxylation is 1. The number of aliphatic hydroxyl groups excluding tert-OH is 1. The van der Waals surface area contributed by atoms with Crippen molar-refractivity contribution in [2.45, 2.75) is 25.7 Å². The molecule has 0 bridgehead atoms. The van der Waals surface area contributed by atoms with Crippen LogP contribution in [0, 0.1) is 5.92 Å². The second kappa shape index (κ2) is 9.35. The van der Waals surface area contributed by atoms with Crippen molar-refractivity contribution < 1.29 is 5.11 Å². The summed E-state index contributed by atoms with van der Waals surface area (Å²) in [6.45, 7) is 7.75. The summed E-state index contributed by atoms with van der Waals surface area (Å²) in [6.07, 6.45) is 9.64. The van der Waals surface area contributed by atoms with E-state index in [0.717, 1.165) is 25.7 Å². The molecule has 1 unspecified atom stereocenters. The highest BCUT2D eigenvalue weighted by atomic mass is 16.3. The molecule has 0 saturated carbocycles. The molecule has 0 amide bonds. The molecular weight excluding hydrogens is 232 g/mol. The first-order valence-electron chi connectivity index (χ1n) is 6.89. The van der Waals surface area contributed by atoms with Crippen LogP contribution in [0.3, 0.4) is 0 Å². The molecule has 0 fully saturated rings. The molecule has 102 valence electrons. The first-order chi connectivity index (χ1) is 9.30. The summed E-state index contributed by atoms with van der Waals surface area (Å²) in [6, 6.07) is 10.4. The number of hydrogen-bond donors (Lipinski definition) is 1. The summed E-state index contributed by atoms with van der Waals surface area (Å²) in [4.78, 5) is 0. The van der Waals surface area contributed by atoms with Crippen LogP contribution in [0.5, 0.6) is 0 Å². The molecule has 0 heterocycles. The van der Waals surface area contributed by atoms with E-state index in [2.05, 4.69) is 37.4 Å². The van der Waals surface area contributed by atoms with Crippen LogP contribution in [0.2, 0.25) is 0 Å². The van der Waals surface area contributed by atoms with Crippen LogP contribution in [0.1, 0.15) is 24.8 Å². The first-order valence-corrected chi connectivity index (χ1v) is 6.89. The van der Waals surface area contributed by atoms with Gasteiger partial charge in [-0.15, -0.1) is 0 Å². The highest BCUT2D eigenvalue weighted by Crippen LogP contribution is 2.18. The van der Waals surface area contributed by atoms with Gasteiger partial charge in [0.15, 0.2) is 0 Å². The molecule has 0 aliphatic rings. The van der Waals surface area contributed by atoms with E-state index in [1.807, 2.05) is 18.2 Å². The Morgan fingerprint density at radius 1 is 1.16 bits per heavy atom. The molecule has 1 aromatic carbocycles. The molecule has 0 aliphatic carbocycles. The predicted octanol–water partition coefficient (Wildman–Crippen LogP) is 4.31. The van der Waals surface area contributed by atoms with E-state index in [0.29, 0.717) is 5.92 Å². The lowest BCUT2D eigenvalue weighted by Gasteiger charge is -2.14. The number of benzene rings is 1. The van der Waals surface area contributed by atoms with Crippen molar-refractivity contribution >= 4 is 0 Å². The maximum absolute atomic E-state index is 9.45. The molecule has 0 saturated heterocycles. The maximum atomic E-state index is 9.45. The second-order valence-electron chi connectivity index (χ2n) is 4.79. The van der Waals surface area contributed by atoms with Gasteiger partial charge in [0.05, 0.1) is 0 Å². The summed E-state index contributed by atoms with van der Waals surface area (Å²) in [5.41, 5.74) is 2.53. The van der Waals surface area contributed by atoms with Crippen LogP contribution in [0.25, 0.3) is 0 Å². The molecule has 1 heteroatoms. The maximum Gasteiger partial charge on any atom is 0.0459 e. The van der Waals surface area contributed by atoms with Gasteiger partial charge >= 0.3 is 0 Å². The van der Waals surface area contributed by atoms with Gasteiger partial charge in [-0.05, 0) is 42.7 Å². The third kappa shape index (κ3) is 6.21. The molecule has 1 aromatic rings. The van der Waals surface area contributed by atoms with Crippen molar-refractivity contribution in [2.75, 3.05) is 6.61 Å².